The molecule has 1 fully saturated rings. The van der Waals surface area contributed by atoms with E-state index >= 15 is 0 Å². The Kier molecular flexibility index (Phi) is 3.73. The number of rotatable bonds is 3. The summed E-state index contributed by atoms with van der Waals surface area (Å²) < 4.78 is 0. The highest BCUT2D eigenvalue weighted by Gasteiger charge is 2.25. The number of likely N-dealkylation sites (N-methyl/N-ethyl adjacent to an activating group) is 1. The Morgan fingerprint density at radius 3 is 2.75 bits per heavy atom. The number of hydrogen-bond acceptors (Lipinski definition) is 2. The van der Waals surface area contributed by atoms with Crippen molar-refractivity contribution in [1.82, 2.24) is 4.90 Å². The van der Waals surface area contributed by atoms with E-state index in [1.807, 2.05) is 30.3 Å². The molecule has 16 heavy (non-hydrogen) atoms. The third kappa shape index (κ3) is 2.70. The number of benzene rings is 1. The van der Waals surface area contributed by atoms with Crippen LogP contribution in [-0.2, 0) is 11.2 Å². The predicted octanol–water partition coefficient (Wildman–Crippen LogP) is 2.28. The Balaban J connectivity index is 1.97. The SMILES string of the molecule is CN1CCCC[C@@H]1C(=O)Cc1ccccc1. The number of ketones is 1. The van der Waals surface area contributed by atoms with Gasteiger partial charge in [-0.3, -0.25) is 9.69 Å². The van der Waals surface area contributed by atoms with Crippen LogP contribution in [0.4, 0.5) is 0 Å². The van der Waals surface area contributed by atoms with Crippen LogP contribution in [0, 0.1) is 0 Å². The van der Waals surface area contributed by atoms with Crippen molar-refractivity contribution in [2.75, 3.05) is 13.6 Å². The molecule has 2 heteroatoms. The molecule has 0 aliphatic carbocycles. The molecule has 0 aromatic heterocycles. The third-order valence-corrected chi connectivity index (χ3v) is 3.36. The maximum atomic E-state index is 12.1. The summed E-state index contributed by atoms with van der Waals surface area (Å²) in [7, 11) is 2.06. The third-order valence-electron chi connectivity index (χ3n) is 3.36. The molecule has 0 amide bonds. The Labute approximate surface area is 97.3 Å². The Morgan fingerprint density at radius 2 is 2.06 bits per heavy atom. The fourth-order valence-electron chi connectivity index (χ4n) is 2.40. The molecule has 1 aromatic rings. The number of nitrogens with zero attached hydrogens (tertiary/aromatic N) is 1. The van der Waals surface area contributed by atoms with E-state index < -0.39 is 0 Å². The predicted molar refractivity (Wildman–Crippen MR) is 65.4 cm³/mol. The highest BCUT2D eigenvalue weighted by Crippen LogP contribution is 2.17. The van der Waals surface area contributed by atoms with Gasteiger partial charge in [-0.05, 0) is 32.0 Å². The molecule has 1 atom stereocenters. The fraction of sp³-hybridized carbons (Fsp3) is 0.500. The van der Waals surface area contributed by atoms with Gasteiger partial charge in [0.2, 0.25) is 0 Å². The first-order valence-electron chi connectivity index (χ1n) is 6.04. The summed E-state index contributed by atoms with van der Waals surface area (Å²) in [5.74, 6) is 0.369. The summed E-state index contributed by atoms with van der Waals surface area (Å²) in [6.45, 7) is 1.06. The van der Waals surface area contributed by atoms with Gasteiger partial charge >= 0.3 is 0 Å². The van der Waals surface area contributed by atoms with Crippen molar-refractivity contribution in [3.8, 4) is 0 Å². The van der Waals surface area contributed by atoms with Gasteiger partial charge in [0.25, 0.3) is 0 Å². The van der Waals surface area contributed by atoms with Gasteiger partial charge in [-0.15, -0.1) is 0 Å². The molecule has 1 aliphatic rings. The molecule has 0 saturated carbocycles. The lowest BCUT2D eigenvalue weighted by Gasteiger charge is -2.31. The number of carbonyl (C=O) groups is 1. The average molecular weight is 217 g/mol. The van der Waals surface area contributed by atoms with Gasteiger partial charge < -0.3 is 0 Å². The largest absolute Gasteiger partial charge is 0.298 e. The fourth-order valence-corrected chi connectivity index (χ4v) is 2.40. The summed E-state index contributed by atoms with van der Waals surface area (Å²) in [5, 5.41) is 0. The molecule has 2 nitrogen and oxygen atoms in total. The molecule has 2 rings (SSSR count). The van der Waals surface area contributed by atoms with Crippen molar-refractivity contribution in [3.05, 3.63) is 35.9 Å². The molecule has 0 N–H and O–H groups in total. The van der Waals surface area contributed by atoms with Crippen molar-refractivity contribution in [2.24, 2.45) is 0 Å². The van der Waals surface area contributed by atoms with Crippen molar-refractivity contribution in [3.63, 3.8) is 0 Å². The van der Waals surface area contributed by atoms with Gasteiger partial charge in [0.1, 0.15) is 0 Å². The van der Waals surface area contributed by atoms with Gasteiger partial charge in [0.05, 0.1) is 6.04 Å². The summed E-state index contributed by atoms with van der Waals surface area (Å²) in [6, 6.07) is 10.2. The zero-order valence-corrected chi connectivity index (χ0v) is 9.86. The number of carbonyl (C=O) groups excluding carboxylic acids is 1. The first-order chi connectivity index (χ1) is 7.77. The minimum Gasteiger partial charge on any atom is -0.298 e. The van der Waals surface area contributed by atoms with Crippen molar-refractivity contribution in [1.29, 1.82) is 0 Å². The Hall–Kier alpha value is -1.15. The molecule has 1 aliphatic heterocycles. The summed E-state index contributed by atoms with van der Waals surface area (Å²) in [5.41, 5.74) is 1.13. The lowest BCUT2D eigenvalue weighted by atomic mass is 9.95. The first-order valence-corrected chi connectivity index (χ1v) is 6.04. The molecule has 86 valence electrons. The smallest absolute Gasteiger partial charge is 0.154 e. The first kappa shape index (κ1) is 11.3. The monoisotopic (exact) mass is 217 g/mol. The zero-order valence-electron chi connectivity index (χ0n) is 9.86. The van der Waals surface area contributed by atoms with E-state index in [1.54, 1.807) is 0 Å². The van der Waals surface area contributed by atoms with E-state index in [2.05, 4.69) is 11.9 Å². The Morgan fingerprint density at radius 1 is 1.31 bits per heavy atom. The van der Waals surface area contributed by atoms with Crippen LogP contribution >= 0.6 is 0 Å². The van der Waals surface area contributed by atoms with Crippen molar-refractivity contribution in [2.45, 2.75) is 31.7 Å². The topological polar surface area (TPSA) is 20.3 Å². The van der Waals surface area contributed by atoms with Crippen LogP contribution in [-0.4, -0.2) is 30.3 Å². The van der Waals surface area contributed by atoms with E-state index in [9.17, 15) is 4.79 Å². The van der Waals surface area contributed by atoms with E-state index in [1.165, 1.54) is 12.8 Å². The minimum absolute atomic E-state index is 0.147. The maximum absolute atomic E-state index is 12.1. The van der Waals surface area contributed by atoms with Crippen LogP contribution in [0.5, 0.6) is 0 Å². The van der Waals surface area contributed by atoms with E-state index in [4.69, 9.17) is 0 Å². The van der Waals surface area contributed by atoms with Crippen molar-refractivity contribution < 1.29 is 4.79 Å². The van der Waals surface area contributed by atoms with Gasteiger partial charge in [-0.2, -0.15) is 0 Å². The van der Waals surface area contributed by atoms with Crippen LogP contribution in [0.15, 0.2) is 30.3 Å². The van der Waals surface area contributed by atoms with Crippen LogP contribution in [0.2, 0.25) is 0 Å². The normalized spacial score (nSPS) is 21.9. The second-order valence-electron chi connectivity index (χ2n) is 4.62. The van der Waals surface area contributed by atoms with Crippen LogP contribution in [0.3, 0.4) is 0 Å². The minimum atomic E-state index is 0.147. The number of piperidine rings is 1. The molecular weight excluding hydrogens is 198 g/mol. The second-order valence-corrected chi connectivity index (χ2v) is 4.62. The summed E-state index contributed by atoms with van der Waals surface area (Å²) in [4.78, 5) is 14.3. The molecule has 0 bridgehead atoms. The van der Waals surface area contributed by atoms with Crippen LogP contribution in [0.25, 0.3) is 0 Å². The van der Waals surface area contributed by atoms with Crippen LogP contribution in [0.1, 0.15) is 24.8 Å². The molecule has 0 radical (unpaired) electrons. The number of hydrogen-bond donors (Lipinski definition) is 0. The van der Waals surface area contributed by atoms with Gasteiger partial charge in [0, 0.05) is 6.42 Å². The lowest BCUT2D eigenvalue weighted by Crippen LogP contribution is -2.42. The highest BCUT2D eigenvalue weighted by atomic mass is 16.1. The summed E-state index contributed by atoms with van der Waals surface area (Å²) in [6.07, 6.45) is 4.03. The number of likely N-dealkylation sites (tertiary alicyclic amines) is 1. The molecule has 0 spiro atoms. The maximum Gasteiger partial charge on any atom is 0.154 e. The molecule has 1 heterocycles. The van der Waals surface area contributed by atoms with Crippen molar-refractivity contribution >= 4 is 5.78 Å². The molecule has 1 saturated heterocycles. The quantitative estimate of drug-likeness (QED) is 0.774. The molecular formula is C14H19NO. The van der Waals surface area contributed by atoms with E-state index in [0.29, 0.717) is 12.2 Å². The Bertz CT molecular complexity index is 347. The summed E-state index contributed by atoms with van der Waals surface area (Å²) >= 11 is 0. The number of Topliss-reactive ketones (excluding diaryl/α,β-unsaturated/α-hetero) is 1. The lowest BCUT2D eigenvalue weighted by molar-refractivity contribution is -0.124. The average Bonchev–Trinajstić information content (AvgIpc) is 2.31. The van der Waals surface area contributed by atoms with Gasteiger partial charge in [0.15, 0.2) is 5.78 Å². The highest BCUT2D eigenvalue weighted by molar-refractivity contribution is 5.86. The van der Waals surface area contributed by atoms with E-state index in [0.717, 1.165) is 18.5 Å². The standard InChI is InChI=1S/C14H19NO/c1-15-10-6-5-9-13(15)14(16)11-12-7-3-2-4-8-12/h2-4,7-8,13H,5-6,9-11H2,1H3/t13-/m1/s1. The van der Waals surface area contributed by atoms with Gasteiger partial charge in [-0.1, -0.05) is 36.8 Å². The van der Waals surface area contributed by atoms with Gasteiger partial charge in [-0.25, -0.2) is 0 Å². The zero-order chi connectivity index (χ0) is 11.4. The second kappa shape index (κ2) is 5.26. The van der Waals surface area contributed by atoms with E-state index in [-0.39, 0.29) is 6.04 Å². The molecule has 0 unspecified atom stereocenters. The van der Waals surface area contributed by atoms with Crippen LogP contribution < -0.4 is 0 Å². The molecule has 1 aromatic carbocycles.